The lowest BCUT2D eigenvalue weighted by atomic mass is 10.1. The Morgan fingerprint density at radius 3 is 2.89 bits per heavy atom. The largest absolute Gasteiger partial charge is 0.481 e. The van der Waals surface area contributed by atoms with Crippen LogP contribution in [0.5, 0.6) is 0 Å². The molecule has 6 heteroatoms. The quantitative estimate of drug-likeness (QED) is 0.886. The zero-order valence-electron chi connectivity index (χ0n) is 10.9. The topological polar surface area (TPSA) is 80.9 Å². The van der Waals surface area contributed by atoms with Gasteiger partial charge in [0.2, 0.25) is 0 Å². The maximum absolute atomic E-state index is 10.6. The summed E-state index contributed by atoms with van der Waals surface area (Å²) in [6.45, 7) is 4.05. The van der Waals surface area contributed by atoms with E-state index < -0.39 is 5.97 Å². The molecule has 2 aromatic rings. The molecule has 0 saturated carbocycles. The molecule has 2 rings (SSSR count). The van der Waals surface area contributed by atoms with Gasteiger partial charge >= 0.3 is 5.97 Å². The molecule has 0 aliphatic carbocycles. The number of carboxylic acid groups (broad SMARTS) is 1. The molecule has 0 bridgehead atoms. The van der Waals surface area contributed by atoms with Crippen molar-refractivity contribution in [1.29, 1.82) is 0 Å². The highest BCUT2D eigenvalue weighted by molar-refractivity contribution is 5.67. The second-order valence-corrected chi connectivity index (χ2v) is 4.67. The lowest BCUT2D eigenvalue weighted by Crippen LogP contribution is -2.05. The van der Waals surface area contributed by atoms with Gasteiger partial charge in [-0.25, -0.2) is 0 Å². The monoisotopic (exact) mass is 260 g/mol. The van der Waals surface area contributed by atoms with Gasteiger partial charge in [-0.15, -0.1) is 5.10 Å². The van der Waals surface area contributed by atoms with Gasteiger partial charge < -0.3 is 5.11 Å². The first kappa shape index (κ1) is 13.2. The van der Waals surface area contributed by atoms with E-state index in [0.717, 1.165) is 17.1 Å². The third kappa shape index (κ3) is 3.15. The number of rotatable bonds is 5. The Balaban J connectivity index is 2.27. The minimum absolute atomic E-state index is 0.121. The lowest BCUT2D eigenvalue weighted by molar-refractivity contribution is -0.136. The van der Waals surface area contributed by atoms with Gasteiger partial charge in [-0.3, -0.25) is 4.79 Å². The third-order valence-corrected chi connectivity index (χ3v) is 2.79. The van der Waals surface area contributed by atoms with Crippen molar-refractivity contribution in [3.63, 3.8) is 0 Å². The molecule has 100 valence electrons. The number of aliphatic carboxylic acids is 1. The van der Waals surface area contributed by atoms with E-state index in [9.17, 15) is 4.79 Å². The molecule has 0 atom stereocenters. The van der Waals surface area contributed by atoms with E-state index in [1.165, 1.54) is 0 Å². The molecule has 19 heavy (non-hydrogen) atoms. The Bertz CT molecular complexity index is 578. The lowest BCUT2D eigenvalue weighted by Gasteiger charge is -2.08. The van der Waals surface area contributed by atoms with Crippen LogP contribution in [0, 0.1) is 0 Å². The van der Waals surface area contributed by atoms with Crippen molar-refractivity contribution in [3.8, 4) is 5.69 Å². The Hall–Kier alpha value is -2.24. The molecular weight excluding hydrogens is 244 g/mol. The molecular formula is C13H16N4O2. The van der Waals surface area contributed by atoms with Crippen LogP contribution in [-0.2, 0) is 11.2 Å². The molecule has 0 aliphatic rings. The van der Waals surface area contributed by atoms with E-state index in [4.69, 9.17) is 5.11 Å². The minimum atomic E-state index is -0.796. The van der Waals surface area contributed by atoms with Gasteiger partial charge in [-0.1, -0.05) is 26.0 Å². The number of hydrogen-bond donors (Lipinski definition) is 1. The summed E-state index contributed by atoms with van der Waals surface area (Å²) >= 11 is 0. The van der Waals surface area contributed by atoms with Crippen LogP contribution in [0.4, 0.5) is 0 Å². The Labute approximate surface area is 111 Å². The van der Waals surface area contributed by atoms with Crippen LogP contribution >= 0.6 is 0 Å². The summed E-state index contributed by atoms with van der Waals surface area (Å²) in [6, 6.07) is 7.63. The van der Waals surface area contributed by atoms with E-state index in [2.05, 4.69) is 15.5 Å². The SMILES string of the molecule is CC(C)c1nnnn1-c1cccc(CCC(=O)O)c1. The van der Waals surface area contributed by atoms with Crippen molar-refractivity contribution < 1.29 is 9.90 Å². The van der Waals surface area contributed by atoms with E-state index in [1.807, 2.05) is 38.1 Å². The van der Waals surface area contributed by atoms with E-state index >= 15 is 0 Å². The molecule has 1 aromatic carbocycles. The predicted octanol–water partition coefficient (Wildman–Crippen LogP) is 1.80. The van der Waals surface area contributed by atoms with Crippen LogP contribution in [-0.4, -0.2) is 31.3 Å². The normalized spacial score (nSPS) is 10.9. The molecule has 0 saturated heterocycles. The number of carboxylic acids is 1. The smallest absolute Gasteiger partial charge is 0.303 e. The number of benzene rings is 1. The summed E-state index contributed by atoms with van der Waals surface area (Å²) < 4.78 is 1.69. The first-order valence-corrected chi connectivity index (χ1v) is 6.17. The first-order chi connectivity index (χ1) is 9.08. The van der Waals surface area contributed by atoms with Crippen LogP contribution in [0.2, 0.25) is 0 Å². The average molecular weight is 260 g/mol. The van der Waals surface area contributed by atoms with Gasteiger partial charge in [0.15, 0.2) is 5.82 Å². The third-order valence-electron chi connectivity index (χ3n) is 2.79. The van der Waals surface area contributed by atoms with Crippen LogP contribution in [0.25, 0.3) is 5.69 Å². The Morgan fingerprint density at radius 1 is 1.42 bits per heavy atom. The van der Waals surface area contributed by atoms with Gasteiger partial charge in [-0.05, 0) is 34.5 Å². The average Bonchev–Trinajstić information content (AvgIpc) is 2.86. The zero-order valence-corrected chi connectivity index (χ0v) is 10.9. The summed E-state index contributed by atoms with van der Waals surface area (Å²) in [6.07, 6.45) is 0.623. The van der Waals surface area contributed by atoms with Gasteiger partial charge in [0.05, 0.1) is 5.69 Å². The second-order valence-electron chi connectivity index (χ2n) is 4.67. The molecule has 0 unspecified atom stereocenters. The molecule has 1 N–H and O–H groups in total. The van der Waals surface area contributed by atoms with Crippen LogP contribution < -0.4 is 0 Å². The molecule has 1 heterocycles. The summed E-state index contributed by atoms with van der Waals surface area (Å²) in [5.74, 6) is 0.212. The van der Waals surface area contributed by atoms with Crippen LogP contribution in [0.3, 0.4) is 0 Å². The standard InChI is InChI=1S/C13H16N4O2/c1-9(2)13-14-15-16-17(13)11-5-3-4-10(8-11)6-7-12(18)19/h3-5,8-9H,6-7H2,1-2H3,(H,18,19). The highest BCUT2D eigenvalue weighted by Crippen LogP contribution is 2.16. The summed E-state index contributed by atoms with van der Waals surface area (Å²) in [5.41, 5.74) is 1.82. The highest BCUT2D eigenvalue weighted by atomic mass is 16.4. The van der Waals surface area contributed by atoms with Gasteiger partial charge in [0.1, 0.15) is 0 Å². The molecule has 0 spiro atoms. The fraction of sp³-hybridized carbons (Fsp3) is 0.385. The summed E-state index contributed by atoms with van der Waals surface area (Å²) in [5, 5.41) is 20.4. The van der Waals surface area contributed by atoms with Crippen LogP contribution in [0.15, 0.2) is 24.3 Å². The first-order valence-electron chi connectivity index (χ1n) is 6.17. The number of nitrogens with zero attached hydrogens (tertiary/aromatic N) is 4. The van der Waals surface area contributed by atoms with E-state index in [1.54, 1.807) is 4.68 Å². The second kappa shape index (κ2) is 5.60. The van der Waals surface area contributed by atoms with Crippen molar-refractivity contribution in [1.82, 2.24) is 20.2 Å². The Morgan fingerprint density at radius 2 is 2.21 bits per heavy atom. The van der Waals surface area contributed by atoms with Crippen molar-refractivity contribution in [2.75, 3.05) is 0 Å². The molecule has 0 aliphatic heterocycles. The van der Waals surface area contributed by atoms with Crippen LogP contribution in [0.1, 0.15) is 37.6 Å². The predicted molar refractivity (Wildman–Crippen MR) is 69.2 cm³/mol. The van der Waals surface area contributed by atoms with Crippen molar-refractivity contribution >= 4 is 5.97 Å². The number of aryl methyl sites for hydroxylation is 1. The van der Waals surface area contributed by atoms with Crippen molar-refractivity contribution in [2.24, 2.45) is 0 Å². The minimum Gasteiger partial charge on any atom is -0.481 e. The van der Waals surface area contributed by atoms with Crippen molar-refractivity contribution in [3.05, 3.63) is 35.7 Å². The number of hydrogen-bond acceptors (Lipinski definition) is 4. The summed E-state index contributed by atoms with van der Waals surface area (Å²) in [4.78, 5) is 10.6. The number of carbonyl (C=O) groups is 1. The number of aromatic nitrogens is 4. The van der Waals surface area contributed by atoms with Gasteiger partial charge in [0, 0.05) is 12.3 Å². The maximum atomic E-state index is 10.6. The molecule has 0 fully saturated rings. The summed E-state index contributed by atoms with van der Waals surface area (Å²) in [7, 11) is 0. The van der Waals surface area contributed by atoms with Gasteiger partial charge in [-0.2, -0.15) is 4.68 Å². The van der Waals surface area contributed by atoms with E-state index in [-0.39, 0.29) is 12.3 Å². The Kier molecular flexibility index (Phi) is 3.89. The zero-order chi connectivity index (χ0) is 13.8. The fourth-order valence-corrected chi connectivity index (χ4v) is 1.83. The molecule has 6 nitrogen and oxygen atoms in total. The van der Waals surface area contributed by atoms with Gasteiger partial charge in [0.25, 0.3) is 0 Å². The van der Waals surface area contributed by atoms with Crippen molar-refractivity contribution in [2.45, 2.75) is 32.6 Å². The molecule has 1 aromatic heterocycles. The molecule has 0 radical (unpaired) electrons. The number of tetrazole rings is 1. The highest BCUT2D eigenvalue weighted by Gasteiger charge is 2.12. The van der Waals surface area contributed by atoms with E-state index in [0.29, 0.717) is 6.42 Å². The fourth-order valence-electron chi connectivity index (χ4n) is 1.83. The molecule has 0 amide bonds. The maximum Gasteiger partial charge on any atom is 0.303 e.